The van der Waals surface area contributed by atoms with Crippen LogP contribution in [0.15, 0.2) is 42.5 Å². The molecular formula is C25H29N3O7. The zero-order valence-electron chi connectivity index (χ0n) is 20.0. The molecule has 10 nitrogen and oxygen atoms in total. The van der Waals surface area contributed by atoms with Crippen molar-refractivity contribution in [3.63, 3.8) is 0 Å². The number of anilines is 1. The van der Waals surface area contributed by atoms with Crippen LogP contribution in [0.2, 0.25) is 0 Å². The number of nitro groups is 1. The monoisotopic (exact) mass is 483 g/mol. The third-order valence-electron chi connectivity index (χ3n) is 5.89. The number of nitro benzene ring substituents is 1. The van der Waals surface area contributed by atoms with Crippen LogP contribution < -0.4 is 10.1 Å². The normalized spacial score (nSPS) is 17.4. The maximum Gasteiger partial charge on any atom is 0.338 e. The van der Waals surface area contributed by atoms with E-state index in [2.05, 4.69) is 5.32 Å². The number of aryl methyl sites for hydroxylation is 1. The quantitative estimate of drug-likeness (QED) is 0.343. The minimum atomic E-state index is -0.739. The highest BCUT2D eigenvalue weighted by molar-refractivity contribution is 5.96. The van der Waals surface area contributed by atoms with Gasteiger partial charge in [-0.15, -0.1) is 0 Å². The Morgan fingerprint density at radius 1 is 1.06 bits per heavy atom. The van der Waals surface area contributed by atoms with E-state index in [1.807, 2.05) is 18.7 Å². The molecule has 1 aliphatic rings. The molecule has 2 unspecified atom stereocenters. The first-order valence-corrected chi connectivity index (χ1v) is 11.4. The molecule has 2 aromatic rings. The number of nitrogens with zero attached hydrogens (tertiary/aromatic N) is 2. The Morgan fingerprint density at radius 2 is 1.71 bits per heavy atom. The summed E-state index contributed by atoms with van der Waals surface area (Å²) in [6.07, 6.45) is 3.07. The van der Waals surface area contributed by atoms with Gasteiger partial charge in [0.1, 0.15) is 11.4 Å². The van der Waals surface area contributed by atoms with E-state index >= 15 is 0 Å². The summed E-state index contributed by atoms with van der Waals surface area (Å²) in [5, 5.41) is 13.5. The number of piperidine rings is 1. The first kappa shape index (κ1) is 25.7. The van der Waals surface area contributed by atoms with Crippen LogP contribution in [0, 0.1) is 17.0 Å². The average molecular weight is 484 g/mol. The maximum atomic E-state index is 12.6. The van der Waals surface area contributed by atoms with Crippen LogP contribution in [0.1, 0.15) is 49.0 Å². The lowest BCUT2D eigenvalue weighted by atomic mass is 9.97. The molecule has 2 amide bonds. The fraction of sp³-hybridized carbons (Fsp3) is 0.400. The summed E-state index contributed by atoms with van der Waals surface area (Å²) in [6.45, 7) is 5.07. The SMILES string of the molecule is Cc1ccc(NC(=O)COC(=O)c2ccc(OCC(=O)N3C(C)CCCC3C)cc2)c([N+](=O)[O-])c1. The smallest absolute Gasteiger partial charge is 0.338 e. The highest BCUT2D eigenvalue weighted by Gasteiger charge is 2.29. The fourth-order valence-corrected chi connectivity index (χ4v) is 4.12. The summed E-state index contributed by atoms with van der Waals surface area (Å²) < 4.78 is 10.6. The number of nitrogens with one attached hydrogen (secondary N) is 1. The molecular weight excluding hydrogens is 454 g/mol. The fourth-order valence-electron chi connectivity index (χ4n) is 4.12. The largest absolute Gasteiger partial charge is 0.484 e. The molecule has 2 atom stereocenters. The third kappa shape index (κ3) is 6.78. The minimum Gasteiger partial charge on any atom is -0.484 e. The lowest BCUT2D eigenvalue weighted by molar-refractivity contribution is -0.384. The van der Waals surface area contributed by atoms with Crippen molar-refractivity contribution in [1.82, 2.24) is 4.90 Å². The Kier molecular flexibility index (Phi) is 8.40. The van der Waals surface area contributed by atoms with Crippen LogP contribution in [0.3, 0.4) is 0 Å². The molecule has 10 heteroatoms. The second kappa shape index (κ2) is 11.5. The van der Waals surface area contributed by atoms with Gasteiger partial charge in [0.2, 0.25) is 0 Å². The molecule has 1 N–H and O–H groups in total. The molecule has 0 saturated carbocycles. The number of likely N-dealkylation sites (tertiary alicyclic amines) is 1. The number of hydrogen-bond donors (Lipinski definition) is 1. The number of esters is 1. The van der Waals surface area contributed by atoms with E-state index in [4.69, 9.17) is 9.47 Å². The van der Waals surface area contributed by atoms with E-state index in [-0.39, 0.29) is 41.5 Å². The highest BCUT2D eigenvalue weighted by atomic mass is 16.6. The van der Waals surface area contributed by atoms with E-state index < -0.39 is 23.4 Å². The lowest BCUT2D eigenvalue weighted by Gasteiger charge is -2.38. The number of carbonyl (C=O) groups is 3. The Labute approximate surface area is 203 Å². The number of hydrogen-bond acceptors (Lipinski definition) is 7. The molecule has 0 bridgehead atoms. The summed E-state index contributed by atoms with van der Waals surface area (Å²) >= 11 is 0. The molecule has 2 aromatic carbocycles. The number of benzene rings is 2. The zero-order valence-corrected chi connectivity index (χ0v) is 20.0. The van der Waals surface area contributed by atoms with Crippen molar-refractivity contribution in [1.29, 1.82) is 0 Å². The predicted molar refractivity (Wildman–Crippen MR) is 128 cm³/mol. The number of ether oxygens (including phenoxy) is 2. The van der Waals surface area contributed by atoms with Crippen molar-refractivity contribution >= 4 is 29.2 Å². The molecule has 1 heterocycles. The van der Waals surface area contributed by atoms with Gasteiger partial charge in [-0.05, 0) is 75.9 Å². The van der Waals surface area contributed by atoms with E-state index in [0.717, 1.165) is 19.3 Å². The molecule has 35 heavy (non-hydrogen) atoms. The van der Waals surface area contributed by atoms with Crippen LogP contribution in [0.25, 0.3) is 0 Å². The predicted octanol–water partition coefficient (Wildman–Crippen LogP) is 3.87. The molecule has 0 spiro atoms. The third-order valence-corrected chi connectivity index (χ3v) is 5.89. The molecule has 186 valence electrons. The maximum absolute atomic E-state index is 12.6. The van der Waals surface area contributed by atoms with Gasteiger partial charge >= 0.3 is 5.97 Å². The Bertz CT molecular complexity index is 1090. The topological polar surface area (TPSA) is 128 Å². The van der Waals surface area contributed by atoms with Gasteiger partial charge in [0.05, 0.1) is 10.5 Å². The summed E-state index contributed by atoms with van der Waals surface area (Å²) in [6, 6.07) is 10.8. The molecule has 1 saturated heterocycles. The minimum absolute atomic E-state index is 0.0195. The first-order chi connectivity index (χ1) is 16.7. The van der Waals surface area contributed by atoms with Crippen LogP contribution in [0.5, 0.6) is 5.75 Å². The van der Waals surface area contributed by atoms with Gasteiger partial charge in [0.25, 0.3) is 17.5 Å². The van der Waals surface area contributed by atoms with Crippen LogP contribution in [-0.2, 0) is 14.3 Å². The molecule has 0 radical (unpaired) electrons. The zero-order chi connectivity index (χ0) is 25.5. The van der Waals surface area contributed by atoms with Gasteiger partial charge in [0, 0.05) is 18.2 Å². The van der Waals surface area contributed by atoms with Crippen LogP contribution in [0.4, 0.5) is 11.4 Å². The van der Waals surface area contributed by atoms with Gasteiger partial charge in [0.15, 0.2) is 13.2 Å². The Balaban J connectivity index is 1.49. The second-order valence-electron chi connectivity index (χ2n) is 8.65. The van der Waals surface area contributed by atoms with Gasteiger partial charge in [-0.25, -0.2) is 4.79 Å². The van der Waals surface area contributed by atoms with Crippen molar-refractivity contribution < 1.29 is 28.8 Å². The van der Waals surface area contributed by atoms with Crippen molar-refractivity contribution in [3.8, 4) is 5.75 Å². The van der Waals surface area contributed by atoms with Crippen molar-refractivity contribution in [2.45, 2.75) is 52.1 Å². The van der Waals surface area contributed by atoms with E-state index in [1.165, 1.54) is 24.3 Å². The molecule has 0 aliphatic carbocycles. The summed E-state index contributed by atoms with van der Waals surface area (Å²) in [7, 11) is 0. The van der Waals surface area contributed by atoms with E-state index in [0.29, 0.717) is 11.3 Å². The van der Waals surface area contributed by atoms with Gasteiger partial charge in [-0.2, -0.15) is 0 Å². The number of amides is 2. The van der Waals surface area contributed by atoms with Crippen molar-refractivity contribution in [2.75, 3.05) is 18.5 Å². The summed E-state index contributed by atoms with van der Waals surface area (Å²) in [5.74, 6) is -1.09. The number of rotatable bonds is 8. The van der Waals surface area contributed by atoms with Crippen LogP contribution >= 0.6 is 0 Å². The lowest BCUT2D eigenvalue weighted by Crippen LogP contribution is -2.49. The van der Waals surface area contributed by atoms with Gasteiger partial charge in [-0.3, -0.25) is 19.7 Å². The van der Waals surface area contributed by atoms with Crippen LogP contribution in [-0.4, -0.2) is 52.9 Å². The van der Waals surface area contributed by atoms with Gasteiger partial charge in [-0.1, -0.05) is 6.07 Å². The summed E-state index contributed by atoms with van der Waals surface area (Å²) in [5.41, 5.74) is 0.638. The highest BCUT2D eigenvalue weighted by Crippen LogP contribution is 2.25. The summed E-state index contributed by atoms with van der Waals surface area (Å²) in [4.78, 5) is 49.4. The second-order valence-corrected chi connectivity index (χ2v) is 8.65. The van der Waals surface area contributed by atoms with Gasteiger partial charge < -0.3 is 19.7 Å². The Hall–Kier alpha value is -3.95. The van der Waals surface area contributed by atoms with E-state index in [1.54, 1.807) is 25.1 Å². The van der Waals surface area contributed by atoms with E-state index in [9.17, 15) is 24.5 Å². The molecule has 3 rings (SSSR count). The first-order valence-electron chi connectivity index (χ1n) is 11.4. The molecule has 0 aromatic heterocycles. The molecule has 1 fully saturated rings. The molecule has 1 aliphatic heterocycles. The average Bonchev–Trinajstić information content (AvgIpc) is 2.82. The number of carbonyl (C=O) groups excluding carboxylic acids is 3. The Morgan fingerprint density at radius 3 is 2.34 bits per heavy atom. The van der Waals surface area contributed by atoms with Crippen molar-refractivity contribution in [2.24, 2.45) is 0 Å². The standard InChI is InChI=1S/C25H29N3O7/c1-16-7-12-21(22(13-16)28(32)33)26-23(29)14-35-25(31)19-8-10-20(11-9-19)34-15-24(30)27-17(2)5-4-6-18(27)3/h7-13,17-18H,4-6,14-15H2,1-3H3,(H,26,29). The van der Waals surface area contributed by atoms with Crippen molar-refractivity contribution in [3.05, 3.63) is 63.7 Å².